The summed E-state index contributed by atoms with van der Waals surface area (Å²) < 4.78 is 160. The van der Waals surface area contributed by atoms with Gasteiger partial charge in [0.25, 0.3) is 11.2 Å². The van der Waals surface area contributed by atoms with E-state index in [1.807, 2.05) is 0 Å². The molecule has 0 aliphatic carbocycles. The van der Waals surface area contributed by atoms with Gasteiger partial charge in [-0.3, -0.25) is 4.79 Å². The largest absolute Gasteiger partial charge is 0.462 e. The van der Waals surface area contributed by atoms with Crippen molar-refractivity contribution in [1.82, 2.24) is 0 Å². The minimum Gasteiger partial charge on any atom is -0.462 e. The Kier molecular flexibility index (Phi) is 8.89. The molecule has 0 aromatic carbocycles. The molecule has 0 saturated heterocycles. The zero-order valence-corrected chi connectivity index (χ0v) is 17.5. The van der Waals surface area contributed by atoms with E-state index in [2.05, 4.69) is 4.74 Å². The maximum atomic E-state index is 13.0. The molecule has 2 N–H and O–H groups in total. The number of alkyl halides is 12. The van der Waals surface area contributed by atoms with Gasteiger partial charge in [-0.05, 0) is 19.3 Å². The van der Waals surface area contributed by atoms with Crippen molar-refractivity contribution in [3.63, 3.8) is 0 Å². The Morgan fingerprint density at radius 3 is 1.18 bits per heavy atom. The molecule has 0 radical (unpaired) electrons. The molecule has 33 heavy (non-hydrogen) atoms. The highest BCUT2D eigenvalue weighted by Gasteiger charge is 2.74. The summed E-state index contributed by atoms with van der Waals surface area (Å²) in [4.78, 5) is 12.4. The van der Waals surface area contributed by atoms with E-state index in [0.29, 0.717) is 0 Å². The number of hydrogen-bond acceptors (Lipinski definition) is 4. The van der Waals surface area contributed by atoms with Crippen molar-refractivity contribution in [3.05, 3.63) is 0 Å². The van der Waals surface area contributed by atoms with Crippen LogP contribution in [-0.4, -0.2) is 58.2 Å². The second-order valence-electron chi connectivity index (χ2n) is 8.07. The number of ether oxygens (including phenoxy) is 1. The normalized spacial score (nSPS) is 16.8. The van der Waals surface area contributed by atoms with Crippen LogP contribution in [0, 0.1) is 11.3 Å². The summed E-state index contributed by atoms with van der Waals surface area (Å²) in [5, 5.41) is 18.5. The fourth-order valence-electron chi connectivity index (χ4n) is 2.67. The topological polar surface area (TPSA) is 66.8 Å². The van der Waals surface area contributed by atoms with Gasteiger partial charge < -0.3 is 14.9 Å². The molecule has 0 bridgehead atoms. The van der Waals surface area contributed by atoms with Gasteiger partial charge in [-0.15, -0.1) is 0 Å². The standard InChI is InChI=1S/C17H22F12O4/c1-5-11(4,8(2)3)10(30)33-9(6-12(31,14(18,19)20)15(21,22)23)7-13(32,16(24,25)26)17(27,28)29/h8-9,31-32H,5-7H2,1-4H3. The molecule has 198 valence electrons. The van der Waals surface area contributed by atoms with Crippen molar-refractivity contribution in [2.75, 3.05) is 0 Å². The van der Waals surface area contributed by atoms with Crippen LogP contribution >= 0.6 is 0 Å². The average molecular weight is 518 g/mol. The molecule has 0 saturated carbocycles. The van der Waals surface area contributed by atoms with Crippen molar-refractivity contribution in [2.24, 2.45) is 11.3 Å². The maximum absolute atomic E-state index is 13.0. The molecule has 0 aliphatic heterocycles. The molecule has 0 amide bonds. The molecule has 0 aromatic heterocycles. The average Bonchev–Trinajstić information content (AvgIpc) is 2.56. The van der Waals surface area contributed by atoms with Crippen molar-refractivity contribution >= 4 is 5.97 Å². The Morgan fingerprint density at radius 2 is 1.00 bits per heavy atom. The molecule has 0 rings (SSSR count). The molecule has 4 nitrogen and oxygen atoms in total. The third-order valence-electron chi connectivity index (χ3n) is 5.67. The number of rotatable bonds is 8. The Hall–Kier alpha value is -1.45. The lowest BCUT2D eigenvalue weighted by molar-refractivity contribution is -0.386. The SMILES string of the molecule is CCC(C)(C(=O)OC(CC(O)(C(F)(F)F)C(F)(F)F)CC(O)(C(F)(F)F)C(F)(F)F)C(C)C. The molecule has 0 spiro atoms. The second-order valence-corrected chi connectivity index (χ2v) is 8.07. The first kappa shape index (κ1) is 31.6. The van der Waals surface area contributed by atoms with E-state index in [4.69, 9.17) is 0 Å². The van der Waals surface area contributed by atoms with Crippen LogP contribution in [0.3, 0.4) is 0 Å². The summed E-state index contributed by atoms with van der Waals surface area (Å²) in [6, 6.07) is 0. The third kappa shape index (κ3) is 6.17. The Morgan fingerprint density at radius 1 is 0.727 bits per heavy atom. The van der Waals surface area contributed by atoms with Gasteiger partial charge in [-0.1, -0.05) is 20.8 Å². The fourth-order valence-corrected chi connectivity index (χ4v) is 2.67. The van der Waals surface area contributed by atoms with Gasteiger partial charge in [0, 0.05) is 12.8 Å². The minimum atomic E-state index is -6.64. The lowest BCUT2D eigenvalue weighted by atomic mass is 9.77. The summed E-state index contributed by atoms with van der Waals surface area (Å²) in [6.45, 7) is 5.00. The van der Waals surface area contributed by atoms with Crippen LogP contribution in [0.2, 0.25) is 0 Å². The molecular weight excluding hydrogens is 496 g/mol. The number of halogens is 12. The fraction of sp³-hybridized carbons (Fsp3) is 0.941. The Bertz CT molecular complexity index is 609. The van der Waals surface area contributed by atoms with Gasteiger partial charge in [0.05, 0.1) is 5.41 Å². The van der Waals surface area contributed by atoms with Gasteiger partial charge in [0.15, 0.2) is 0 Å². The van der Waals surface area contributed by atoms with Crippen molar-refractivity contribution < 1.29 is 72.4 Å². The van der Waals surface area contributed by atoms with Gasteiger partial charge in [0.1, 0.15) is 6.10 Å². The Labute approximate surface area is 179 Å². The van der Waals surface area contributed by atoms with Crippen LogP contribution in [0.4, 0.5) is 52.7 Å². The Balaban J connectivity index is 6.69. The summed E-state index contributed by atoms with van der Waals surface area (Å²) in [5.74, 6) is -2.49. The lowest BCUT2D eigenvalue weighted by Gasteiger charge is -2.40. The van der Waals surface area contributed by atoms with E-state index in [9.17, 15) is 67.7 Å². The molecule has 0 fully saturated rings. The van der Waals surface area contributed by atoms with Crippen LogP contribution in [0.25, 0.3) is 0 Å². The summed E-state index contributed by atoms with van der Waals surface area (Å²) in [7, 11) is 0. The molecule has 1 atom stereocenters. The van der Waals surface area contributed by atoms with Crippen LogP contribution in [0.1, 0.15) is 47.0 Å². The number of esters is 1. The maximum Gasteiger partial charge on any atom is 0.426 e. The minimum absolute atomic E-state index is 0.220. The number of hydrogen-bond donors (Lipinski definition) is 2. The molecular formula is C17H22F12O4. The number of carbonyl (C=O) groups is 1. The first-order valence-corrected chi connectivity index (χ1v) is 9.14. The van der Waals surface area contributed by atoms with E-state index in [1.165, 1.54) is 20.8 Å². The molecule has 0 heterocycles. The van der Waals surface area contributed by atoms with Gasteiger partial charge in [-0.2, -0.15) is 52.7 Å². The van der Waals surface area contributed by atoms with Crippen LogP contribution in [0.15, 0.2) is 0 Å². The summed E-state index contributed by atoms with van der Waals surface area (Å²) >= 11 is 0. The van der Waals surface area contributed by atoms with Crippen LogP contribution in [0.5, 0.6) is 0 Å². The first-order valence-electron chi connectivity index (χ1n) is 9.14. The molecule has 1 unspecified atom stereocenters. The molecule has 0 aromatic rings. The first-order chi connectivity index (χ1) is 14.2. The predicted octanol–water partition coefficient (Wildman–Crippen LogP) is 5.46. The summed E-state index contributed by atoms with van der Waals surface area (Å²) in [6.07, 6.45) is -36.3. The highest BCUT2D eigenvalue weighted by molar-refractivity contribution is 5.76. The number of carbonyl (C=O) groups excluding carboxylic acids is 1. The zero-order valence-electron chi connectivity index (χ0n) is 17.5. The summed E-state index contributed by atoms with van der Waals surface area (Å²) in [5.41, 5.74) is -13.5. The van der Waals surface area contributed by atoms with E-state index >= 15 is 0 Å². The van der Waals surface area contributed by atoms with E-state index in [0.717, 1.165) is 6.92 Å². The van der Waals surface area contributed by atoms with Crippen molar-refractivity contribution in [2.45, 2.75) is 89.0 Å². The third-order valence-corrected chi connectivity index (χ3v) is 5.67. The lowest BCUT2D eigenvalue weighted by Crippen LogP contribution is -2.62. The quantitative estimate of drug-likeness (QED) is 0.331. The van der Waals surface area contributed by atoms with E-state index < -0.39 is 72.2 Å². The second kappa shape index (κ2) is 9.30. The zero-order chi connectivity index (χ0) is 27.1. The smallest absolute Gasteiger partial charge is 0.426 e. The molecule has 0 aliphatic rings. The van der Waals surface area contributed by atoms with E-state index in [-0.39, 0.29) is 6.42 Å². The van der Waals surface area contributed by atoms with E-state index in [1.54, 1.807) is 0 Å². The monoisotopic (exact) mass is 518 g/mol. The van der Waals surface area contributed by atoms with Gasteiger partial charge in [-0.25, -0.2) is 0 Å². The van der Waals surface area contributed by atoms with Crippen molar-refractivity contribution in [3.8, 4) is 0 Å². The van der Waals surface area contributed by atoms with Crippen LogP contribution in [-0.2, 0) is 9.53 Å². The highest BCUT2D eigenvalue weighted by Crippen LogP contribution is 2.50. The van der Waals surface area contributed by atoms with Crippen LogP contribution < -0.4 is 0 Å². The predicted molar refractivity (Wildman–Crippen MR) is 86.5 cm³/mol. The highest BCUT2D eigenvalue weighted by atomic mass is 19.4. The van der Waals surface area contributed by atoms with Gasteiger partial charge >= 0.3 is 30.7 Å². The van der Waals surface area contributed by atoms with Crippen molar-refractivity contribution in [1.29, 1.82) is 0 Å². The number of aliphatic hydroxyl groups is 2. The van der Waals surface area contributed by atoms with Gasteiger partial charge in [0.2, 0.25) is 0 Å². The molecule has 16 heteroatoms.